The van der Waals surface area contributed by atoms with Gasteiger partial charge in [-0.3, -0.25) is 0 Å². The van der Waals surface area contributed by atoms with E-state index in [0.29, 0.717) is 17.2 Å². The number of hydrogen-bond acceptors (Lipinski definition) is 3. The number of halogens is 1. The van der Waals surface area contributed by atoms with E-state index in [9.17, 15) is 0 Å². The first kappa shape index (κ1) is 15.0. The standard InChI is InChI=1S/C16H21ClN2OS/c1-3-20-13-6-4-5-12-15(13)18-14(7-10-17)19(12)11-16(21-2)8-9-16/h4-6H,3,7-11H2,1-2H3. The molecule has 21 heavy (non-hydrogen) atoms. The normalized spacial score (nSPS) is 16.3. The van der Waals surface area contributed by atoms with Crippen LogP contribution in [0.3, 0.4) is 0 Å². The Morgan fingerprint density at radius 1 is 1.43 bits per heavy atom. The van der Waals surface area contributed by atoms with Gasteiger partial charge in [-0.15, -0.1) is 11.6 Å². The number of thioether (sulfide) groups is 1. The summed E-state index contributed by atoms with van der Waals surface area (Å²) in [4.78, 5) is 4.81. The molecule has 3 nitrogen and oxygen atoms in total. The van der Waals surface area contributed by atoms with Gasteiger partial charge in [-0.25, -0.2) is 4.98 Å². The zero-order valence-electron chi connectivity index (χ0n) is 12.6. The fourth-order valence-electron chi connectivity index (χ4n) is 2.75. The molecule has 0 aliphatic heterocycles. The molecule has 1 heterocycles. The summed E-state index contributed by atoms with van der Waals surface area (Å²) in [6.45, 7) is 3.68. The van der Waals surface area contributed by atoms with Gasteiger partial charge in [0.15, 0.2) is 0 Å². The lowest BCUT2D eigenvalue weighted by Crippen LogP contribution is -2.16. The number of aromatic nitrogens is 2. The molecule has 1 saturated carbocycles. The van der Waals surface area contributed by atoms with E-state index >= 15 is 0 Å². The molecule has 0 bridgehead atoms. The van der Waals surface area contributed by atoms with E-state index in [1.54, 1.807) is 0 Å². The summed E-state index contributed by atoms with van der Waals surface area (Å²) in [5, 5.41) is 0. The molecule has 5 heteroatoms. The van der Waals surface area contributed by atoms with Crippen molar-refractivity contribution in [2.24, 2.45) is 0 Å². The molecule has 0 atom stereocenters. The molecule has 0 saturated heterocycles. The molecule has 0 amide bonds. The van der Waals surface area contributed by atoms with Gasteiger partial charge in [0.25, 0.3) is 0 Å². The molecule has 1 aliphatic carbocycles. The summed E-state index contributed by atoms with van der Waals surface area (Å²) in [6, 6.07) is 6.18. The minimum absolute atomic E-state index is 0.399. The van der Waals surface area contributed by atoms with Crippen molar-refractivity contribution in [1.29, 1.82) is 0 Å². The first-order chi connectivity index (χ1) is 10.2. The van der Waals surface area contributed by atoms with Gasteiger partial charge < -0.3 is 9.30 Å². The topological polar surface area (TPSA) is 27.1 Å². The van der Waals surface area contributed by atoms with Crippen LogP contribution in [0.25, 0.3) is 11.0 Å². The highest BCUT2D eigenvalue weighted by Gasteiger charge is 2.42. The van der Waals surface area contributed by atoms with Gasteiger partial charge in [0.1, 0.15) is 17.1 Å². The SMILES string of the molecule is CCOc1cccc2c1nc(CCCl)n2CC1(SC)CC1. The fourth-order valence-corrected chi connectivity index (χ4v) is 3.69. The Hall–Kier alpha value is -0.870. The molecule has 0 spiro atoms. The zero-order valence-corrected chi connectivity index (χ0v) is 14.1. The van der Waals surface area contributed by atoms with E-state index in [4.69, 9.17) is 21.3 Å². The maximum absolute atomic E-state index is 5.97. The number of benzene rings is 1. The van der Waals surface area contributed by atoms with Crippen molar-refractivity contribution in [3.63, 3.8) is 0 Å². The van der Waals surface area contributed by atoms with Gasteiger partial charge in [0, 0.05) is 23.6 Å². The minimum Gasteiger partial charge on any atom is -0.492 e. The molecule has 1 fully saturated rings. The third-order valence-electron chi connectivity index (χ3n) is 4.13. The van der Waals surface area contributed by atoms with Crippen molar-refractivity contribution in [2.75, 3.05) is 18.7 Å². The molecule has 3 rings (SSSR count). The van der Waals surface area contributed by atoms with Crippen molar-refractivity contribution in [3.05, 3.63) is 24.0 Å². The van der Waals surface area contributed by atoms with Crippen LogP contribution < -0.4 is 4.74 Å². The Morgan fingerprint density at radius 2 is 2.24 bits per heavy atom. The van der Waals surface area contributed by atoms with Gasteiger partial charge in [0.05, 0.1) is 12.1 Å². The number of para-hydroxylation sites is 1. The molecule has 2 aromatic rings. The van der Waals surface area contributed by atoms with Gasteiger partial charge in [-0.05, 0) is 38.2 Å². The second kappa shape index (κ2) is 6.09. The summed E-state index contributed by atoms with van der Waals surface area (Å²) in [6.07, 6.45) is 5.59. The van der Waals surface area contributed by atoms with E-state index in [1.807, 2.05) is 24.8 Å². The molecule has 1 aliphatic rings. The summed E-state index contributed by atoms with van der Waals surface area (Å²) < 4.78 is 8.47. The maximum Gasteiger partial charge on any atom is 0.147 e. The first-order valence-electron chi connectivity index (χ1n) is 7.45. The second-order valence-electron chi connectivity index (χ2n) is 5.50. The van der Waals surface area contributed by atoms with E-state index in [2.05, 4.69) is 23.0 Å². The van der Waals surface area contributed by atoms with Crippen LogP contribution in [0.5, 0.6) is 5.75 Å². The second-order valence-corrected chi connectivity index (χ2v) is 7.15. The van der Waals surface area contributed by atoms with Gasteiger partial charge in [-0.2, -0.15) is 11.8 Å². The Balaban J connectivity index is 2.06. The van der Waals surface area contributed by atoms with Crippen LogP contribution >= 0.6 is 23.4 Å². The summed E-state index contributed by atoms with van der Waals surface area (Å²) >= 11 is 7.94. The van der Waals surface area contributed by atoms with Gasteiger partial charge in [-0.1, -0.05) is 6.07 Å². The van der Waals surface area contributed by atoms with E-state index in [1.165, 1.54) is 18.4 Å². The number of hydrogen-bond donors (Lipinski definition) is 0. The Labute approximate surface area is 135 Å². The number of nitrogens with zero attached hydrogens (tertiary/aromatic N) is 2. The lowest BCUT2D eigenvalue weighted by atomic mass is 10.3. The third kappa shape index (κ3) is 2.88. The van der Waals surface area contributed by atoms with Crippen LogP contribution in [0.2, 0.25) is 0 Å². The van der Waals surface area contributed by atoms with Crippen LogP contribution in [-0.4, -0.2) is 33.0 Å². The van der Waals surface area contributed by atoms with Crippen LogP contribution in [-0.2, 0) is 13.0 Å². The number of rotatable bonds is 7. The average Bonchev–Trinajstić information content (AvgIpc) is 3.19. The van der Waals surface area contributed by atoms with Crippen LogP contribution in [0.15, 0.2) is 18.2 Å². The largest absolute Gasteiger partial charge is 0.492 e. The van der Waals surface area contributed by atoms with Crippen LogP contribution in [0, 0.1) is 0 Å². The number of aryl methyl sites for hydroxylation is 1. The lowest BCUT2D eigenvalue weighted by molar-refractivity contribution is 0.343. The highest BCUT2D eigenvalue weighted by molar-refractivity contribution is 8.00. The summed E-state index contributed by atoms with van der Waals surface area (Å²) in [5.41, 5.74) is 2.14. The molecule has 114 valence electrons. The number of ether oxygens (including phenoxy) is 1. The van der Waals surface area contributed by atoms with Crippen LogP contribution in [0.1, 0.15) is 25.6 Å². The summed E-state index contributed by atoms with van der Waals surface area (Å²) in [5.74, 6) is 2.55. The Morgan fingerprint density at radius 3 is 2.86 bits per heavy atom. The van der Waals surface area contributed by atoms with E-state index in [-0.39, 0.29) is 0 Å². The molecule has 0 N–H and O–H groups in total. The number of fused-ring (bicyclic) bond motifs is 1. The molecular weight excluding hydrogens is 304 g/mol. The quantitative estimate of drug-likeness (QED) is 0.717. The Bertz CT molecular complexity index is 636. The fraction of sp³-hybridized carbons (Fsp3) is 0.562. The smallest absolute Gasteiger partial charge is 0.147 e. The molecule has 1 aromatic heterocycles. The minimum atomic E-state index is 0.399. The molecule has 0 unspecified atom stereocenters. The van der Waals surface area contributed by atoms with Crippen molar-refractivity contribution < 1.29 is 4.74 Å². The number of alkyl halides is 1. The first-order valence-corrected chi connectivity index (χ1v) is 9.21. The van der Waals surface area contributed by atoms with Crippen molar-refractivity contribution in [2.45, 2.75) is 37.5 Å². The predicted octanol–water partition coefficient (Wildman–Crippen LogP) is 4.11. The van der Waals surface area contributed by atoms with Crippen molar-refractivity contribution in [3.8, 4) is 5.75 Å². The highest BCUT2D eigenvalue weighted by atomic mass is 35.5. The van der Waals surface area contributed by atoms with E-state index in [0.717, 1.165) is 30.1 Å². The summed E-state index contributed by atoms with van der Waals surface area (Å²) in [7, 11) is 0. The average molecular weight is 325 g/mol. The lowest BCUT2D eigenvalue weighted by Gasteiger charge is -2.16. The Kier molecular flexibility index (Phi) is 4.36. The molecule has 0 radical (unpaired) electrons. The molecule has 1 aromatic carbocycles. The van der Waals surface area contributed by atoms with Gasteiger partial charge in [0.2, 0.25) is 0 Å². The van der Waals surface area contributed by atoms with Gasteiger partial charge >= 0.3 is 0 Å². The highest BCUT2D eigenvalue weighted by Crippen LogP contribution is 2.49. The third-order valence-corrected chi connectivity index (χ3v) is 5.72. The number of imidazole rings is 1. The van der Waals surface area contributed by atoms with E-state index < -0.39 is 0 Å². The predicted molar refractivity (Wildman–Crippen MR) is 90.8 cm³/mol. The van der Waals surface area contributed by atoms with Crippen LogP contribution in [0.4, 0.5) is 0 Å². The van der Waals surface area contributed by atoms with Crippen molar-refractivity contribution in [1.82, 2.24) is 9.55 Å². The van der Waals surface area contributed by atoms with Crippen molar-refractivity contribution >= 4 is 34.4 Å². The molecular formula is C16H21ClN2OS. The maximum atomic E-state index is 5.97. The monoisotopic (exact) mass is 324 g/mol. The zero-order chi connectivity index (χ0) is 14.9.